The van der Waals surface area contributed by atoms with Gasteiger partial charge < -0.3 is 25.5 Å². The Kier molecular flexibility index (Phi) is 6.79. The second-order valence-electron chi connectivity index (χ2n) is 11.6. The van der Waals surface area contributed by atoms with Crippen LogP contribution >= 0.6 is 0 Å². The van der Waals surface area contributed by atoms with E-state index in [0.29, 0.717) is 48.5 Å². The molecule has 0 spiro atoms. The molecule has 9 nitrogen and oxygen atoms in total. The number of aromatic carboxylic acids is 1. The molecule has 3 aromatic carbocycles. The number of hydrogen-bond donors (Lipinski definition) is 4. The summed E-state index contributed by atoms with van der Waals surface area (Å²) in [5.74, 6) is -0.454. The molecule has 0 radical (unpaired) electrons. The second-order valence-corrected chi connectivity index (χ2v) is 11.6. The lowest BCUT2D eigenvalue weighted by Gasteiger charge is -2.46. The van der Waals surface area contributed by atoms with Gasteiger partial charge >= 0.3 is 5.97 Å². The first-order valence-corrected chi connectivity index (χ1v) is 13.9. The lowest BCUT2D eigenvalue weighted by Crippen LogP contribution is -2.47. The highest BCUT2D eigenvalue weighted by Crippen LogP contribution is 2.49. The summed E-state index contributed by atoms with van der Waals surface area (Å²) in [6.45, 7) is 4.84. The number of aliphatic hydroxyl groups is 2. The molecule has 0 bridgehead atoms. The molecule has 1 fully saturated rings. The fourth-order valence-corrected chi connectivity index (χ4v) is 6.36. The lowest BCUT2D eigenvalue weighted by atomic mass is 9.66. The first-order chi connectivity index (χ1) is 19.7. The monoisotopic (exact) mass is 554 g/mol. The molecule has 9 heteroatoms. The maximum atomic E-state index is 14.3. The summed E-state index contributed by atoms with van der Waals surface area (Å²) in [5, 5.41) is 33.4. The Morgan fingerprint density at radius 2 is 1.68 bits per heavy atom. The third-order valence-electron chi connectivity index (χ3n) is 8.65. The van der Waals surface area contributed by atoms with Gasteiger partial charge in [-0.2, -0.15) is 0 Å². The fraction of sp³-hybridized carbons (Fsp3) is 0.344. The topological polar surface area (TPSA) is 128 Å². The zero-order valence-corrected chi connectivity index (χ0v) is 23.2. The molecule has 1 aromatic heterocycles. The number of nitrogens with zero attached hydrogens (tertiary/aromatic N) is 3. The summed E-state index contributed by atoms with van der Waals surface area (Å²) in [7, 11) is 0. The highest BCUT2D eigenvalue weighted by Gasteiger charge is 2.46. The van der Waals surface area contributed by atoms with Crippen LogP contribution in [0.1, 0.15) is 64.5 Å². The number of aryl methyl sites for hydroxylation is 1. The highest BCUT2D eigenvalue weighted by atomic mass is 16.4. The van der Waals surface area contributed by atoms with Crippen LogP contribution in [0.5, 0.6) is 0 Å². The third kappa shape index (κ3) is 4.65. The number of fused-ring (bicyclic) bond motifs is 2. The van der Waals surface area contributed by atoms with Gasteiger partial charge in [0.05, 0.1) is 35.7 Å². The lowest BCUT2D eigenvalue weighted by molar-refractivity contribution is -0.0436. The van der Waals surface area contributed by atoms with Crippen molar-refractivity contribution in [2.75, 3.05) is 23.4 Å². The average molecular weight is 555 g/mol. The molecule has 1 aliphatic carbocycles. The van der Waals surface area contributed by atoms with Gasteiger partial charge in [-0.25, -0.2) is 9.78 Å². The quantitative estimate of drug-likeness (QED) is 0.252. The smallest absolute Gasteiger partial charge is 0.337 e. The summed E-state index contributed by atoms with van der Waals surface area (Å²) < 4.78 is 1.76. The summed E-state index contributed by atoms with van der Waals surface area (Å²) >= 11 is 0. The van der Waals surface area contributed by atoms with E-state index < -0.39 is 11.4 Å². The standard InChI is InChI=1S/C32H34N4O5/c1-19-11-25(20(2)33-27-10-6-5-9-24(27)30(40)41)28-26(12-19)29(39)36(23-13-32(14-23,17-37)18-38)31(34-28)35-15-21-7-3-4-8-22(21)16-35/h3-12,20,23,33,37-38H,13-18H2,1-2H3,(H,40,41). The minimum Gasteiger partial charge on any atom is -0.478 e. The third-order valence-corrected chi connectivity index (χ3v) is 8.65. The fourth-order valence-electron chi connectivity index (χ4n) is 6.36. The number of carboxylic acids is 1. The maximum Gasteiger partial charge on any atom is 0.337 e. The molecule has 1 aliphatic heterocycles. The molecule has 212 valence electrons. The Hall–Kier alpha value is -4.21. The number of hydrogen-bond acceptors (Lipinski definition) is 7. The Morgan fingerprint density at radius 1 is 1.05 bits per heavy atom. The van der Waals surface area contributed by atoms with Crippen molar-refractivity contribution in [2.45, 2.75) is 51.9 Å². The van der Waals surface area contributed by atoms with E-state index in [9.17, 15) is 24.9 Å². The van der Waals surface area contributed by atoms with E-state index >= 15 is 0 Å². The van der Waals surface area contributed by atoms with E-state index in [2.05, 4.69) is 22.3 Å². The number of aromatic nitrogens is 2. The summed E-state index contributed by atoms with van der Waals surface area (Å²) in [6, 6.07) is 18.3. The van der Waals surface area contributed by atoms with Gasteiger partial charge in [0.15, 0.2) is 0 Å². The van der Waals surface area contributed by atoms with Crippen molar-refractivity contribution in [3.05, 3.63) is 98.8 Å². The van der Waals surface area contributed by atoms with Crippen LogP contribution in [0.3, 0.4) is 0 Å². The number of nitrogens with one attached hydrogen (secondary N) is 1. The van der Waals surface area contributed by atoms with E-state index in [1.165, 1.54) is 11.1 Å². The SMILES string of the molecule is Cc1cc(C(C)Nc2ccccc2C(=O)O)c2nc(N3Cc4ccccc4C3)n(C3CC(CO)(CO)C3)c(=O)c2c1. The van der Waals surface area contributed by atoms with Gasteiger partial charge in [-0.15, -0.1) is 0 Å². The molecular formula is C32H34N4O5. The van der Waals surface area contributed by atoms with E-state index in [1.54, 1.807) is 28.8 Å². The van der Waals surface area contributed by atoms with Gasteiger partial charge in [0.25, 0.3) is 5.56 Å². The molecule has 2 heterocycles. The van der Waals surface area contributed by atoms with Gasteiger partial charge in [-0.3, -0.25) is 9.36 Å². The van der Waals surface area contributed by atoms with Crippen LogP contribution in [0.25, 0.3) is 10.9 Å². The number of anilines is 2. The average Bonchev–Trinajstić information content (AvgIpc) is 3.38. The van der Waals surface area contributed by atoms with E-state index in [4.69, 9.17) is 4.98 Å². The van der Waals surface area contributed by atoms with Crippen LogP contribution in [-0.2, 0) is 13.1 Å². The number of aliphatic hydroxyl groups excluding tert-OH is 2. The molecule has 6 rings (SSSR count). The van der Waals surface area contributed by atoms with Gasteiger partial charge in [0, 0.05) is 35.8 Å². The van der Waals surface area contributed by atoms with E-state index in [1.807, 2.05) is 38.1 Å². The molecule has 1 atom stereocenters. The largest absolute Gasteiger partial charge is 0.478 e. The van der Waals surface area contributed by atoms with Crippen LogP contribution in [0.2, 0.25) is 0 Å². The Morgan fingerprint density at radius 3 is 2.32 bits per heavy atom. The first kappa shape index (κ1) is 27.0. The predicted octanol–water partition coefficient (Wildman–Crippen LogP) is 4.40. The molecule has 0 saturated heterocycles. The van der Waals surface area contributed by atoms with Crippen molar-refractivity contribution < 1.29 is 20.1 Å². The zero-order valence-electron chi connectivity index (χ0n) is 23.2. The zero-order chi connectivity index (χ0) is 28.9. The Bertz CT molecular complexity index is 1680. The van der Waals surface area contributed by atoms with Crippen molar-refractivity contribution in [3.8, 4) is 0 Å². The molecule has 4 N–H and O–H groups in total. The Labute approximate surface area is 237 Å². The van der Waals surface area contributed by atoms with Crippen molar-refractivity contribution in [3.63, 3.8) is 0 Å². The van der Waals surface area contributed by atoms with Crippen molar-refractivity contribution >= 4 is 28.5 Å². The van der Waals surface area contributed by atoms with Crippen LogP contribution in [0.15, 0.2) is 65.5 Å². The summed E-state index contributed by atoms with van der Waals surface area (Å²) in [6.07, 6.45) is 0.979. The number of carbonyl (C=O) groups is 1. The number of rotatable bonds is 8. The van der Waals surface area contributed by atoms with Gasteiger partial charge in [-0.05, 0) is 61.6 Å². The first-order valence-electron chi connectivity index (χ1n) is 13.9. The van der Waals surface area contributed by atoms with Crippen LogP contribution in [-0.4, -0.2) is 44.1 Å². The number of benzene rings is 3. The van der Waals surface area contributed by atoms with Gasteiger partial charge in [-0.1, -0.05) is 42.5 Å². The van der Waals surface area contributed by atoms with E-state index in [-0.39, 0.29) is 36.4 Å². The normalized spacial score (nSPS) is 16.8. The molecular weight excluding hydrogens is 520 g/mol. The summed E-state index contributed by atoms with van der Waals surface area (Å²) in [5.41, 5.74) is 4.55. The molecule has 1 saturated carbocycles. The second kappa shape index (κ2) is 10.3. The van der Waals surface area contributed by atoms with Gasteiger partial charge in [0.1, 0.15) is 0 Å². The predicted molar refractivity (Wildman–Crippen MR) is 157 cm³/mol. The van der Waals surface area contributed by atoms with Gasteiger partial charge in [0.2, 0.25) is 5.95 Å². The number of carboxylic acid groups (broad SMARTS) is 1. The van der Waals surface area contributed by atoms with Crippen LogP contribution < -0.4 is 15.8 Å². The summed E-state index contributed by atoms with van der Waals surface area (Å²) in [4.78, 5) is 33.4. The van der Waals surface area contributed by atoms with Crippen molar-refractivity contribution in [2.24, 2.45) is 5.41 Å². The van der Waals surface area contributed by atoms with Crippen molar-refractivity contribution in [1.82, 2.24) is 9.55 Å². The van der Waals surface area contributed by atoms with E-state index in [0.717, 1.165) is 11.1 Å². The van der Waals surface area contributed by atoms with Crippen LogP contribution in [0.4, 0.5) is 11.6 Å². The minimum atomic E-state index is -1.02. The molecule has 4 aromatic rings. The minimum absolute atomic E-state index is 0.134. The number of para-hydroxylation sites is 1. The van der Waals surface area contributed by atoms with Crippen LogP contribution in [0, 0.1) is 12.3 Å². The maximum absolute atomic E-state index is 14.3. The highest BCUT2D eigenvalue weighted by molar-refractivity contribution is 5.94. The molecule has 41 heavy (non-hydrogen) atoms. The molecule has 0 amide bonds. The molecule has 1 unspecified atom stereocenters. The molecule has 2 aliphatic rings. The Balaban J connectivity index is 1.49. The van der Waals surface area contributed by atoms with Crippen molar-refractivity contribution in [1.29, 1.82) is 0 Å².